The molecule has 2 amide bonds. The summed E-state index contributed by atoms with van der Waals surface area (Å²) in [6.45, 7) is 4.28. The van der Waals surface area contributed by atoms with Crippen molar-refractivity contribution in [2.24, 2.45) is 0 Å². The minimum absolute atomic E-state index is 0. The molecule has 162 valence electrons. The minimum Gasteiger partial charge on any atom is -1.00 e. The van der Waals surface area contributed by atoms with E-state index in [1.54, 1.807) is 18.7 Å². The molecule has 0 fully saturated rings. The highest BCUT2D eigenvalue weighted by molar-refractivity contribution is 6.03. The maximum atomic E-state index is 13.2. The summed E-state index contributed by atoms with van der Waals surface area (Å²) in [5, 5.41) is 2.77. The summed E-state index contributed by atoms with van der Waals surface area (Å²) < 4.78 is 5.18. The molecule has 7 heteroatoms. The van der Waals surface area contributed by atoms with E-state index in [0.29, 0.717) is 18.7 Å². The van der Waals surface area contributed by atoms with Gasteiger partial charge in [-0.15, -0.1) is 0 Å². The molecule has 0 atom stereocenters. The van der Waals surface area contributed by atoms with Crippen molar-refractivity contribution in [3.05, 3.63) is 53.6 Å². The highest BCUT2D eigenvalue weighted by Crippen LogP contribution is 2.38. The number of carbonyl (C=O) groups excluding carboxylic acids is 2. The third-order valence-electron chi connectivity index (χ3n) is 4.83. The molecule has 0 radical (unpaired) electrons. The Morgan fingerprint density at radius 1 is 1.07 bits per heavy atom. The van der Waals surface area contributed by atoms with Gasteiger partial charge in [-0.1, -0.05) is 24.3 Å². The molecule has 0 bridgehead atoms. The molecule has 3 rings (SSSR count). The number of anilines is 3. The Morgan fingerprint density at radius 2 is 1.73 bits per heavy atom. The molecular formula is C23H29ClN3O3-. The number of carbonyl (C=O) groups is 2. The summed E-state index contributed by atoms with van der Waals surface area (Å²) in [7, 11) is 3.92. The number of hydrogen-bond donors (Lipinski definition) is 1. The fourth-order valence-corrected chi connectivity index (χ4v) is 3.46. The summed E-state index contributed by atoms with van der Waals surface area (Å²) >= 11 is 0. The summed E-state index contributed by atoms with van der Waals surface area (Å²) in [5.74, 6) is 0.0382. The van der Waals surface area contributed by atoms with Crippen molar-refractivity contribution in [2.75, 3.05) is 30.9 Å². The minimum atomic E-state index is -0.501. The molecule has 6 nitrogen and oxygen atoms in total. The monoisotopic (exact) mass is 430 g/mol. The molecule has 0 aromatic heterocycles. The van der Waals surface area contributed by atoms with Crippen LogP contribution in [0.3, 0.4) is 0 Å². The van der Waals surface area contributed by atoms with Crippen LogP contribution in [-0.2, 0) is 22.4 Å². The molecule has 0 saturated carbocycles. The molecule has 2 aromatic carbocycles. The molecule has 0 saturated heterocycles. The van der Waals surface area contributed by atoms with Gasteiger partial charge in [0.25, 0.3) is 0 Å². The van der Waals surface area contributed by atoms with Crippen LogP contribution in [0.5, 0.6) is 0 Å². The first kappa shape index (κ1) is 23.7. The van der Waals surface area contributed by atoms with Gasteiger partial charge >= 0.3 is 6.09 Å². The maximum absolute atomic E-state index is 13.2. The Labute approximate surface area is 184 Å². The number of para-hydroxylation sites is 1. The fourth-order valence-electron chi connectivity index (χ4n) is 3.46. The van der Waals surface area contributed by atoms with Crippen molar-refractivity contribution in [3.63, 3.8) is 0 Å². The molecule has 0 aliphatic carbocycles. The van der Waals surface area contributed by atoms with E-state index in [9.17, 15) is 9.59 Å². The molecule has 1 aliphatic rings. The van der Waals surface area contributed by atoms with Gasteiger partial charge in [-0.25, -0.2) is 4.79 Å². The summed E-state index contributed by atoms with van der Waals surface area (Å²) in [4.78, 5) is 29.1. The van der Waals surface area contributed by atoms with E-state index in [1.807, 2.05) is 55.4 Å². The van der Waals surface area contributed by atoms with Crippen LogP contribution in [0.2, 0.25) is 0 Å². The topological polar surface area (TPSA) is 61.9 Å². The lowest BCUT2D eigenvalue weighted by Gasteiger charge is -2.26. The van der Waals surface area contributed by atoms with Gasteiger partial charge in [0.15, 0.2) is 0 Å². The van der Waals surface area contributed by atoms with Crippen LogP contribution >= 0.6 is 0 Å². The molecule has 0 spiro atoms. The Morgan fingerprint density at radius 3 is 2.40 bits per heavy atom. The van der Waals surface area contributed by atoms with Crippen LogP contribution in [0, 0.1) is 0 Å². The number of ether oxygens (including phenoxy) is 1. The van der Waals surface area contributed by atoms with Gasteiger partial charge < -0.3 is 22.0 Å². The van der Waals surface area contributed by atoms with Crippen molar-refractivity contribution in [1.29, 1.82) is 0 Å². The van der Waals surface area contributed by atoms with E-state index >= 15 is 0 Å². The van der Waals surface area contributed by atoms with E-state index in [4.69, 9.17) is 4.74 Å². The van der Waals surface area contributed by atoms with Gasteiger partial charge in [-0.3, -0.25) is 15.0 Å². The fraction of sp³-hybridized carbons (Fsp3) is 0.391. The van der Waals surface area contributed by atoms with Gasteiger partial charge in [-0.05, 0) is 70.1 Å². The lowest BCUT2D eigenvalue weighted by Crippen LogP contribution is -3.00. The average molecular weight is 431 g/mol. The first-order chi connectivity index (χ1) is 13.8. The normalized spacial score (nSPS) is 12.5. The van der Waals surface area contributed by atoms with Crippen LogP contribution in [0.4, 0.5) is 21.9 Å². The van der Waals surface area contributed by atoms with Crippen LogP contribution in [0.1, 0.15) is 31.4 Å². The quantitative estimate of drug-likeness (QED) is 0.778. The highest BCUT2D eigenvalue weighted by atomic mass is 35.5. The zero-order chi connectivity index (χ0) is 21.0. The number of fused-ring (bicyclic) bond motifs is 2. The summed E-state index contributed by atoms with van der Waals surface area (Å²) in [6.07, 6.45) is 1.41. The Kier molecular flexibility index (Phi) is 8.26. The number of amides is 2. The zero-order valence-corrected chi connectivity index (χ0v) is 18.7. The van der Waals surface area contributed by atoms with Gasteiger partial charge in [0, 0.05) is 18.7 Å². The zero-order valence-electron chi connectivity index (χ0n) is 17.9. The van der Waals surface area contributed by atoms with Gasteiger partial charge in [0.05, 0.1) is 17.5 Å². The van der Waals surface area contributed by atoms with E-state index in [1.165, 1.54) is 0 Å². The first-order valence-corrected chi connectivity index (χ1v) is 10.0. The van der Waals surface area contributed by atoms with Crippen molar-refractivity contribution in [2.45, 2.75) is 39.2 Å². The van der Waals surface area contributed by atoms with Crippen LogP contribution in [-0.4, -0.2) is 43.6 Å². The van der Waals surface area contributed by atoms with Gasteiger partial charge in [0.1, 0.15) is 0 Å². The predicted octanol–water partition coefficient (Wildman–Crippen LogP) is 1.36. The smallest absolute Gasteiger partial charge is 0.411 e. The van der Waals surface area contributed by atoms with Crippen LogP contribution < -0.4 is 22.6 Å². The number of hydrogen-bond acceptors (Lipinski definition) is 4. The molecule has 1 N–H and O–H groups in total. The third kappa shape index (κ3) is 5.74. The lowest BCUT2D eigenvalue weighted by atomic mass is 10.0. The van der Waals surface area contributed by atoms with Crippen LogP contribution in [0.15, 0.2) is 42.5 Å². The molecule has 30 heavy (non-hydrogen) atoms. The van der Waals surface area contributed by atoms with E-state index in [2.05, 4.69) is 11.4 Å². The van der Waals surface area contributed by atoms with Gasteiger partial charge in [-0.2, -0.15) is 0 Å². The molecule has 1 heterocycles. The second kappa shape index (κ2) is 10.5. The average Bonchev–Trinajstić information content (AvgIpc) is 2.82. The lowest BCUT2D eigenvalue weighted by molar-refractivity contribution is -0.118. The Balaban J connectivity index is 0.00000320. The SMILES string of the molecule is CC(C)OC(=O)Nc1ccc2c(c1)N(C(=O)CCN(C)C)c1ccccc1CC2.[Cl-]. The molecular weight excluding hydrogens is 402 g/mol. The number of nitrogens with one attached hydrogen (secondary N) is 1. The predicted molar refractivity (Wildman–Crippen MR) is 116 cm³/mol. The van der Waals surface area contributed by atoms with E-state index in [0.717, 1.165) is 35.3 Å². The molecule has 1 aliphatic heterocycles. The van der Waals surface area contributed by atoms with E-state index < -0.39 is 6.09 Å². The standard InChI is InChI=1S/C23H29N3O3.ClH/c1-16(2)29-23(28)24-19-12-11-18-10-9-17-7-5-6-8-20(17)26(21(18)15-19)22(27)13-14-25(3)4;/h5-8,11-12,15-16H,9-10,13-14H2,1-4H3,(H,24,28);1H/p-1. The number of nitrogens with zero attached hydrogens (tertiary/aromatic N) is 2. The van der Waals surface area contributed by atoms with Gasteiger partial charge in [0.2, 0.25) is 5.91 Å². The number of rotatable bonds is 5. The van der Waals surface area contributed by atoms with Crippen molar-refractivity contribution in [1.82, 2.24) is 4.90 Å². The van der Waals surface area contributed by atoms with Crippen LogP contribution in [0.25, 0.3) is 0 Å². The summed E-state index contributed by atoms with van der Waals surface area (Å²) in [5.41, 5.74) is 4.58. The Hall–Kier alpha value is -2.57. The van der Waals surface area contributed by atoms with E-state index in [-0.39, 0.29) is 24.4 Å². The third-order valence-corrected chi connectivity index (χ3v) is 4.83. The molecule has 0 unspecified atom stereocenters. The van der Waals surface area contributed by atoms with Crippen molar-refractivity contribution < 1.29 is 26.7 Å². The number of benzene rings is 2. The number of aryl methyl sites for hydroxylation is 2. The van der Waals surface area contributed by atoms with Crippen molar-refractivity contribution >= 4 is 29.1 Å². The largest absolute Gasteiger partial charge is 1.00 e. The first-order valence-electron chi connectivity index (χ1n) is 10.0. The second-order valence-electron chi connectivity index (χ2n) is 7.83. The Bertz CT molecular complexity index is 899. The van der Waals surface area contributed by atoms with Crippen molar-refractivity contribution in [3.8, 4) is 0 Å². The number of halogens is 1. The summed E-state index contributed by atoms with van der Waals surface area (Å²) in [6, 6.07) is 13.7. The second-order valence-corrected chi connectivity index (χ2v) is 7.83. The molecule has 2 aromatic rings. The highest BCUT2D eigenvalue weighted by Gasteiger charge is 2.26. The maximum Gasteiger partial charge on any atom is 0.411 e.